The Morgan fingerprint density at radius 2 is 2.00 bits per heavy atom. The van der Waals surface area contributed by atoms with Gasteiger partial charge in [-0.1, -0.05) is 27.5 Å². The van der Waals surface area contributed by atoms with Crippen LogP contribution in [-0.2, 0) is 0 Å². The molecule has 2 rings (SSSR count). The van der Waals surface area contributed by atoms with Gasteiger partial charge in [0, 0.05) is 4.47 Å². The minimum atomic E-state index is -0.143. The van der Waals surface area contributed by atoms with Crippen molar-refractivity contribution >= 4 is 33.3 Å². The molecule has 0 spiro atoms. The van der Waals surface area contributed by atoms with Crippen LogP contribution in [0.15, 0.2) is 40.9 Å². The maximum atomic E-state index is 11.6. The molecular weight excluding hydrogens is 342 g/mol. The summed E-state index contributed by atoms with van der Waals surface area (Å²) < 4.78 is 6.49. The third kappa shape index (κ3) is 3.19. The molecular formula is C15H9BrClNO2. The van der Waals surface area contributed by atoms with Gasteiger partial charge in [-0.3, -0.25) is 4.79 Å². The molecule has 20 heavy (non-hydrogen) atoms. The first-order valence-electron chi connectivity index (χ1n) is 5.69. The molecule has 0 unspecified atom stereocenters. The van der Waals surface area contributed by atoms with Gasteiger partial charge in [-0.2, -0.15) is 5.26 Å². The smallest absolute Gasteiger partial charge is 0.163 e. The van der Waals surface area contributed by atoms with Crippen LogP contribution in [0.3, 0.4) is 0 Å². The van der Waals surface area contributed by atoms with Crippen molar-refractivity contribution in [3.05, 3.63) is 57.0 Å². The van der Waals surface area contributed by atoms with Crippen LogP contribution in [0, 0.1) is 11.3 Å². The van der Waals surface area contributed by atoms with Crippen LogP contribution in [0.1, 0.15) is 22.8 Å². The van der Waals surface area contributed by atoms with Gasteiger partial charge in [0.05, 0.1) is 22.2 Å². The number of rotatable bonds is 3. The molecule has 0 saturated carbocycles. The largest absolute Gasteiger partial charge is 0.455 e. The average Bonchev–Trinajstić information content (AvgIpc) is 2.42. The van der Waals surface area contributed by atoms with Crippen molar-refractivity contribution in [1.82, 2.24) is 0 Å². The second kappa shape index (κ2) is 6.08. The van der Waals surface area contributed by atoms with Gasteiger partial charge >= 0.3 is 0 Å². The summed E-state index contributed by atoms with van der Waals surface area (Å²) in [4.78, 5) is 11.6. The number of hydrogen-bond acceptors (Lipinski definition) is 3. The number of carbonyl (C=O) groups is 1. The first kappa shape index (κ1) is 14.6. The van der Waals surface area contributed by atoms with E-state index in [2.05, 4.69) is 15.9 Å². The zero-order valence-electron chi connectivity index (χ0n) is 10.5. The molecule has 3 nitrogen and oxygen atoms in total. The van der Waals surface area contributed by atoms with Crippen molar-refractivity contribution in [3.63, 3.8) is 0 Å². The van der Waals surface area contributed by atoms with E-state index in [0.29, 0.717) is 27.6 Å². The Kier molecular flexibility index (Phi) is 4.43. The van der Waals surface area contributed by atoms with Gasteiger partial charge in [0.25, 0.3) is 0 Å². The first-order valence-corrected chi connectivity index (χ1v) is 6.86. The van der Waals surface area contributed by atoms with Crippen molar-refractivity contribution < 1.29 is 9.53 Å². The normalized spacial score (nSPS) is 9.90. The summed E-state index contributed by atoms with van der Waals surface area (Å²) in [7, 11) is 0. The number of halogens is 2. The lowest BCUT2D eigenvalue weighted by Gasteiger charge is -2.11. The van der Waals surface area contributed by atoms with Crippen LogP contribution in [0.2, 0.25) is 5.02 Å². The fourth-order valence-electron chi connectivity index (χ4n) is 1.64. The topological polar surface area (TPSA) is 50.1 Å². The van der Waals surface area contributed by atoms with Gasteiger partial charge < -0.3 is 4.74 Å². The molecule has 0 heterocycles. The van der Waals surface area contributed by atoms with Crippen molar-refractivity contribution in [1.29, 1.82) is 5.26 Å². The van der Waals surface area contributed by atoms with Gasteiger partial charge in [-0.05, 0) is 43.3 Å². The molecule has 0 saturated heterocycles. The predicted octanol–water partition coefficient (Wildman–Crippen LogP) is 4.97. The fraction of sp³-hybridized carbons (Fsp3) is 0.0667. The van der Waals surface area contributed by atoms with Gasteiger partial charge in [0.2, 0.25) is 0 Å². The summed E-state index contributed by atoms with van der Waals surface area (Å²) in [6.07, 6.45) is 0. The summed E-state index contributed by atoms with van der Waals surface area (Å²) in [6, 6.07) is 11.8. The zero-order valence-corrected chi connectivity index (χ0v) is 12.8. The molecule has 0 radical (unpaired) electrons. The Hall–Kier alpha value is -1.83. The van der Waals surface area contributed by atoms with Crippen LogP contribution < -0.4 is 4.74 Å². The Labute approximate surface area is 129 Å². The lowest BCUT2D eigenvalue weighted by atomic mass is 10.1. The van der Waals surface area contributed by atoms with E-state index >= 15 is 0 Å². The van der Waals surface area contributed by atoms with E-state index in [1.54, 1.807) is 30.3 Å². The van der Waals surface area contributed by atoms with Crippen LogP contribution in [0.5, 0.6) is 11.5 Å². The van der Waals surface area contributed by atoms with Gasteiger partial charge in [0.15, 0.2) is 5.78 Å². The second-order valence-electron chi connectivity index (χ2n) is 4.06. The highest BCUT2D eigenvalue weighted by Gasteiger charge is 2.12. The molecule has 0 aliphatic heterocycles. The first-order chi connectivity index (χ1) is 9.51. The minimum Gasteiger partial charge on any atom is -0.455 e. The molecule has 2 aromatic rings. The van der Waals surface area contributed by atoms with Crippen LogP contribution in [0.4, 0.5) is 0 Å². The molecule has 100 valence electrons. The molecule has 0 amide bonds. The lowest BCUT2D eigenvalue weighted by Crippen LogP contribution is -1.98. The Morgan fingerprint density at radius 3 is 2.65 bits per heavy atom. The van der Waals surface area contributed by atoms with Crippen molar-refractivity contribution in [2.45, 2.75) is 6.92 Å². The highest BCUT2D eigenvalue weighted by atomic mass is 79.9. The Bertz CT molecular complexity index is 722. The van der Waals surface area contributed by atoms with E-state index in [1.165, 1.54) is 13.0 Å². The summed E-state index contributed by atoms with van der Waals surface area (Å²) in [5, 5.41) is 9.35. The molecule has 0 aliphatic rings. The molecule has 0 aliphatic carbocycles. The average molecular weight is 351 g/mol. The standard InChI is InChI=1S/C15H9BrClNO2/c1-9(19)12-4-2-10(8-18)6-14(12)20-15-7-11(16)3-5-13(15)17/h2-7H,1H3. The van der Waals surface area contributed by atoms with E-state index in [4.69, 9.17) is 21.6 Å². The van der Waals surface area contributed by atoms with Gasteiger partial charge in [-0.15, -0.1) is 0 Å². The SMILES string of the molecule is CC(=O)c1ccc(C#N)cc1Oc1cc(Br)ccc1Cl. The quantitative estimate of drug-likeness (QED) is 0.734. The lowest BCUT2D eigenvalue weighted by molar-refractivity contribution is 0.101. The number of hydrogen-bond donors (Lipinski definition) is 0. The number of ketones is 1. The Balaban J connectivity index is 2.49. The Morgan fingerprint density at radius 1 is 1.25 bits per heavy atom. The molecule has 0 bridgehead atoms. The highest BCUT2D eigenvalue weighted by Crippen LogP contribution is 2.34. The molecule has 0 atom stereocenters. The van der Waals surface area contributed by atoms with Crippen LogP contribution in [0.25, 0.3) is 0 Å². The zero-order chi connectivity index (χ0) is 14.7. The van der Waals surface area contributed by atoms with Gasteiger partial charge in [-0.25, -0.2) is 0 Å². The van der Waals surface area contributed by atoms with E-state index < -0.39 is 0 Å². The maximum Gasteiger partial charge on any atom is 0.163 e. The summed E-state index contributed by atoms with van der Waals surface area (Å²) in [5.74, 6) is 0.589. The van der Waals surface area contributed by atoms with Crippen LogP contribution >= 0.6 is 27.5 Å². The third-order valence-corrected chi connectivity index (χ3v) is 3.41. The maximum absolute atomic E-state index is 11.6. The summed E-state index contributed by atoms with van der Waals surface area (Å²) in [6.45, 7) is 1.44. The summed E-state index contributed by atoms with van der Waals surface area (Å²) >= 11 is 9.38. The monoisotopic (exact) mass is 349 g/mol. The van der Waals surface area contributed by atoms with E-state index in [0.717, 1.165) is 4.47 Å². The second-order valence-corrected chi connectivity index (χ2v) is 5.38. The predicted molar refractivity (Wildman–Crippen MR) is 80.4 cm³/mol. The highest BCUT2D eigenvalue weighted by molar-refractivity contribution is 9.10. The number of nitrogens with zero attached hydrogens (tertiary/aromatic N) is 1. The van der Waals surface area contributed by atoms with E-state index in [9.17, 15) is 4.79 Å². The van der Waals surface area contributed by atoms with E-state index in [-0.39, 0.29) is 5.78 Å². The number of ether oxygens (including phenoxy) is 1. The molecule has 5 heteroatoms. The van der Waals surface area contributed by atoms with Crippen LogP contribution in [-0.4, -0.2) is 5.78 Å². The summed E-state index contributed by atoms with van der Waals surface area (Å²) in [5.41, 5.74) is 0.816. The molecule has 0 N–H and O–H groups in total. The van der Waals surface area contributed by atoms with Crippen molar-refractivity contribution in [3.8, 4) is 17.6 Å². The number of Topliss-reactive ketones (excluding diaryl/α,β-unsaturated/α-hetero) is 1. The van der Waals surface area contributed by atoms with E-state index in [1.807, 2.05) is 6.07 Å². The van der Waals surface area contributed by atoms with Gasteiger partial charge in [0.1, 0.15) is 11.5 Å². The third-order valence-electron chi connectivity index (χ3n) is 2.60. The molecule has 0 fully saturated rings. The number of carbonyl (C=O) groups excluding carboxylic acids is 1. The minimum absolute atomic E-state index is 0.143. The number of nitriles is 1. The van der Waals surface area contributed by atoms with Crippen molar-refractivity contribution in [2.24, 2.45) is 0 Å². The molecule has 2 aromatic carbocycles. The molecule has 0 aromatic heterocycles. The number of benzene rings is 2. The van der Waals surface area contributed by atoms with Crippen molar-refractivity contribution in [2.75, 3.05) is 0 Å². The fourth-order valence-corrected chi connectivity index (χ4v) is 2.14.